The Hall–Kier alpha value is -2.63. The van der Waals surface area contributed by atoms with Gasteiger partial charge in [-0.15, -0.1) is 6.58 Å². The van der Waals surface area contributed by atoms with E-state index in [2.05, 4.69) is 11.9 Å². The van der Waals surface area contributed by atoms with Crippen LogP contribution in [-0.2, 0) is 9.59 Å². The Morgan fingerprint density at radius 3 is 2.45 bits per heavy atom. The maximum Gasteiger partial charge on any atom is 0.326 e. The van der Waals surface area contributed by atoms with Gasteiger partial charge in [-0.05, 0) is 43.5 Å². The minimum atomic E-state index is -1.08. The summed E-state index contributed by atoms with van der Waals surface area (Å²) in [5.74, 6) is -1.69. The highest BCUT2D eigenvalue weighted by atomic mass is 16.5. The number of carboxylic acid groups (broad SMARTS) is 1. The first kappa shape index (κ1) is 17.4. The van der Waals surface area contributed by atoms with E-state index in [-0.39, 0.29) is 0 Å². The molecule has 0 saturated heterocycles. The van der Waals surface area contributed by atoms with Crippen molar-refractivity contribution in [2.75, 3.05) is 0 Å². The Morgan fingerprint density at radius 1 is 1.32 bits per heavy atom. The second-order valence-electron chi connectivity index (χ2n) is 4.70. The fourth-order valence-electron chi connectivity index (χ4n) is 1.81. The number of allylic oxidation sites excluding steroid dienone is 1. The number of nitrogens with one attached hydrogen (secondary N) is 1. The lowest BCUT2D eigenvalue weighted by atomic mass is 10.1. The van der Waals surface area contributed by atoms with Crippen molar-refractivity contribution >= 4 is 17.8 Å². The van der Waals surface area contributed by atoms with Crippen molar-refractivity contribution in [3.63, 3.8) is 0 Å². The molecule has 1 aromatic rings. The third kappa shape index (κ3) is 5.78. The number of esters is 1. The van der Waals surface area contributed by atoms with E-state index in [1.165, 1.54) is 31.2 Å². The molecule has 2 N–H and O–H groups in total. The van der Waals surface area contributed by atoms with E-state index in [1.54, 1.807) is 6.08 Å². The van der Waals surface area contributed by atoms with E-state index in [0.29, 0.717) is 30.6 Å². The first-order valence-electron chi connectivity index (χ1n) is 6.87. The van der Waals surface area contributed by atoms with Crippen molar-refractivity contribution in [2.24, 2.45) is 0 Å². The van der Waals surface area contributed by atoms with Crippen molar-refractivity contribution in [1.29, 1.82) is 0 Å². The summed E-state index contributed by atoms with van der Waals surface area (Å²) < 4.78 is 4.86. The molecule has 0 aliphatic heterocycles. The lowest BCUT2D eigenvalue weighted by molar-refractivity contribution is -0.139. The van der Waals surface area contributed by atoms with Gasteiger partial charge in [0.25, 0.3) is 5.91 Å². The molecule has 6 heteroatoms. The summed E-state index contributed by atoms with van der Waals surface area (Å²) in [6.45, 7) is 4.85. The third-order valence-electron chi connectivity index (χ3n) is 2.88. The van der Waals surface area contributed by atoms with Crippen molar-refractivity contribution in [3.05, 3.63) is 42.5 Å². The second-order valence-corrected chi connectivity index (χ2v) is 4.70. The number of unbranched alkanes of at least 4 members (excludes halogenated alkanes) is 1. The zero-order valence-corrected chi connectivity index (χ0v) is 12.4. The average molecular weight is 305 g/mol. The highest BCUT2D eigenvalue weighted by Gasteiger charge is 2.20. The zero-order chi connectivity index (χ0) is 16.5. The lowest BCUT2D eigenvalue weighted by Crippen LogP contribution is -2.40. The van der Waals surface area contributed by atoms with Crippen LogP contribution in [0.4, 0.5) is 0 Å². The van der Waals surface area contributed by atoms with Crippen LogP contribution in [0.1, 0.15) is 36.5 Å². The molecule has 0 saturated carbocycles. The summed E-state index contributed by atoms with van der Waals surface area (Å²) in [4.78, 5) is 34.0. The molecule has 0 bridgehead atoms. The molecular weight excluding hydrogens is 286 g/mol. The van der Waals surface area contributed by atoms with Crippen LogP contribution in [0.3, 0.4) is 0 Å². The maximum absolute atomic E-state index is 12.0. The van der Waals surface area contributed by atoms with Crippen LogP contribution in [0, 0.1) is 0 Å². The van der Waals surface area contributed by atoms with Crippen LogP contribution < -0.4 is 10.1 Å². The molecule has 1 aromatic carbocycles. The lowest BCUT2D eigenvalue weighted by Gasteiger charge is -2.14. The van der Waals surface area contributed by atoms with Gasteiger partial charge in [0.05, 0.1) is 0 Å². The van der Waals surface area contributed by atoms with Crippen molar-refractivity contribution in [1.82, 2.24) is 5.32 Å². The monoisotopic (exact) mass is 305 g/mol. The summed E-state index contributed by atoms with van der Waals surface area (Å²) in [5, 5.41) is 11.6. The van der Waals surface area contributed by atoms with E-state index in [9.17, 15) is 14.4 Å². The molecule has 0 radical (unpaired) electrons. The molecule has 0 aromatic heterocycles. The van der Waals surface area contributed by atoms with Crippen LogP contribution in [0.25, 0.3) is 0 Å². The number of aliphatic carboxylic acids is 1. The van der Waals surface area contributed by atoms with Gasteiger partial charge in [0.15, 0.2) is 0 Å². The number of hydrogen-bond acceptors (Lipinski definition) is 4. The average Bonchev–Trinajstić information content (AvgIpc) is 2.46. The summed E-state index contributed by atoms with van der Waals surface area (Å²) in [6.07, 6.45) is 3.36. The molecule has 118 valence electrons. The maximum atomic E-state index is 12.0. The number of benzene rings is 1. The van der Waals surface area contributed by atoms with E-state index >= 15 is 0 Å². The van der Waals surface area contributed by atoms with E-state index in [0.717, 1.165) is 0 Å². The smallest absolute Gasteiger partial charge is 0.326 e. The fourth-order valence-corrected chi connectivity index (χ4v) is 1.81. The van der Waals surface area contributed by atoms with Gasteiger partial charge in [-0.3, -0.25) is 9.59 Å². The van der Waals surface area contributed by atoms with Gasteiger partial charge in [0, 0.05) is 12.5 Å². The molecule has 0 fully saturated rings. The SMILES string of the molecule is C=CCCC[C@@H](NC(=O)c1ccc(OC(C)=O)cc1)C(=O)O. The molecule has 0 spiro atoms. The number of hydrogen-bond donors (Lipinski definition) is 2. The normalized spacial score (nSPS) is 11.3. The molecule has 1 rings (SSSR count). The Labute approximate surface area is 128 Å². The van der Waals surface area contributed by atoms with Crippen molar-refractivity contribution < 1.29 is 24.2 Å². The number of amides is 1. The molecule has 0 heterocycles. The zero-order valence-electron chi connectivity index (χ0n) is 12.4. The van der Waals surface area contributed by atoms with Crippen LogP contribution in [0.5, 0.6) is 5.75 Å². The quantitative estimate of drug-likeness (QED) is 0.332. The van der Waals surface area contributed by atoms with Gasteiger partial charge >= 0.3 is 11.9 Å². The summed E-state index contributed by atoms with van der Waals surface area (Å²) in [5.41, 5.74) is 0.297. The van der Waals surface area contributed by atoms with E-state index in [1.807, 2.05) is 0 Å². The van der Waals surface area contributed by atoms with Crippen molar-refractivity contribution in [3.8, 4) is 5.75 Å². The highest BCUT2D eigenvalue weighted by Crippen LogP contribution is 2.13. The first-order valence-corrected chi connectivity index (χ1v) is 6.87. The van der Waals surface area contributed by atoms with Crippen LogP contribution >= 0.6 is 0 Å². The second kappa shape index (κ2) is 8.61. The van der Waals surface area contributed by atoms with Gasteiger partial charge in [-0.2, -0.15) is 0 Å². The molecule has 0 aliphatic carbocycles. The molecular formula is C16H19NO5. The highest BCUT2D eigenvalue weighted by molar-refractivity contribution is 5.96. The minimum absolute atomic E-state index is 0.297. The van der Waals surface area contributed by atoms with Gasteiger partial charge in [0.2, 0.25) is 0 Å². The molecule has 0 aliphatic rings. The summed E-state index contributed by atoms with van der Waals surface area (Å²) in [7, 11) is 0. The predicted molar refractivity (Wildman–Crippen MR) is 80.7 cm³/mol. The standard InChI is InChI=1S/C16H19NO5/c1-3-4-5-6-14(16(20)21)17-15(19)12-7-9-13(10-8-12)22-11(2)18/h3,7-10,14H,1,4-6H2,2H3,(H,17,19)(H,20,21)/t14-/m1/s1. The third-order valence-corrected chi connectivity index (χ3v) is 2.88. The largest absolute Gasteiger partial charge is 0.480 e. The first-order chi connectivity index (χ1) is 10.4. The van der Waals surface area contributed by atoms with Crippen LogP contribution in [-0.4, -0.2) is 29.0 Å². The predicted octanol–water partition coefficient (Wildman–Crippen LogP) is 2.15. The van der Waals surface area contributed by atoms with Crippen LogP contribution in [0.15, 0.2) is 36.9 Å². The van der Waals surface area contributed by atoms with Gasteiger partial charge in [0.1, 0.15) is 11.8 Å². The number of carbonyl (C=O) groups is 3. The Balaban J connectivity index is 2.66. The number of ether oxygens (including phenoxy) is 1. The molecule has 0 unspecified atom stereocenters. The summed E-state index contributed by atoms with van der Waals surface area (Å²) in [6, 6.07) is 4.95. The topological polar surface area (TPSA) is 92.7 Å². The van der Waals surface area contributed by atoms with Crippen molar-refractivity contribution in [2.45, 2.75) is 32.2 Å². The van der Waals surface area contributed by atoms with E-state index < -0.39 is 23.9 Å². The Bertz CT molecular complexity index is 550. The number of rotatable bonds is 8. The van der Waals surface area contributed by atoms with E-state index in [4.69, 9.17) is 9.84 Å². The van der Waals surface area contributed by atoms with Gasteiger partial charge in [-0.25, -0.2) is 4.79 Å². The Morgan fingerprint density at radius 2 is 1.95 bits per heavy atom. The minimum Gasteiger partial charge on any atom is -0.480 e. The fraction of sp³-hybridized carbons (Fsp3) is 0.312. The Kier molecular flexibility index (Phi) is 6.82. The molecule has 1 atom stereocenters. The van der Waals surface area contributed by atoms with Gasteiger partial charge in [-0.1, -0.05) is 6.08 Å². The number of carbonyl (C=O) groups excluding carboxylic acids is 2. The van der Waals surface area contributed by atoms with Gasteiger partial charge < -0.3 is 15.2 Å². The molecule has 22 heavy (non-hydrogen) atoms. The number of carboxylic acids is 1. The van der Waals surface area contributed by atoms with Crippen LogP contribution in [0.2, 0.25) is 0 Å². The summed E-state index contributed by atoms with van der Waals surface area (Å²) >= 11 is 0. The molecule has 1 amide bonds. The molecule has 6 nitrogen and oxygen atoms in total.